The molecule has 0 spiro atoms. The van der Waals surface area contributed by atoms with Crippen molar-refractivity contribution in [2.45, 2.75) is 31.9 Å². The molecule has 30 heavy (non-hydrogen) atoms. The fourth-order valence-corrected chi connectivity index (χ4v) is 4.27. The molecule has 2 aromatic carbocycles. The molecule has 1 aromatic heterocycles. The Morgan fingerprint density at radius 3 is 2.80 bits per heavy atom. The molecule has 3 aromatic rings. The number of hydrogen-bond acceptors (Lipinski definition) is 6. The summed E-state index contributed by atoms with van der Waals surface area (Å²) in [7, 11) is 1.62. The molecular weight excluding hydrogens is 380 g/mol. The number of ketones is 1. The van der Waals surface area contributed by atoms with Crippen molar-refractivity contribution in [3.8, 4) is 11.5 Å². The van der Waals surface area contributed by atoms with Crippen molar-refractivity contribution in [1.29, 1.82) is 0 Å². The molecule has 5 rings (SSSR count). The van der Waals surface area contributed by atoms with Gasteiger partial charge in [-0.15, -0.1) is 0 Å². The van der Waals surface area contributed by atoms with Crippen LogP contribution in [0.25, 0.3) is 0 Å². The van der Waals surface area contributed by atoms with Crippen LogP contribution in [0.5, 0.6) is 11.5 Å². The van der Waals surface area contributed by atoms with Crippen LogP contribution >= 0.6 is 0 Å². The van der Waals surface area contributed by atoms with Crippen molar-refractivity contribution in [3.05, 3.63) is 66.0 Å². The van der Waals surface area contributed by atoms with Crippen molar-refractivity contribution in [3.63, 3.8) is 0 Å². The first kappa shape index (κ1) is 18.5. The summed E-state index contributed by atoms with van der Waals surface area (Å²) in [5.74, 6) is 1.72. The number of ether oxygens (including phenoxy) is 2. The summed E-state index contributed by atoms with van der Waals surface area (Å²) in [6.45, 7) is 0.450. The predicted molar refractivity (Wildman–Crippen MR) is 111 cm³/mol. The monoisotopic (exact) mass is 402 g/mol. The predicted octanol–water partition coefficient (Wildman–Crippen LogP) is 3.91. The molecule has 1 aliphatic heterocycles. The van der Waals surface area contributed by atoms with Gasteiger partial charge < -0.3 is 9.47 Å². The Balaban J connectivity index is 1.49. The molecule has 1 aliphatic carbocycles. The smallest absolute Gasteiger partial charge is 0.248 e. The summed E-state index contributed by atoms with van der Waals surface area (Å²) < 4.78 is 13.3. The summed E-state index contributed by atoms with van der Waals surface area (Å²) in [4.78, 5) is 21.7. The van der Waals surface area contributed by atoms with Gasteiger partial charge in [-0.3, -0.25) is 4.79 Å². The Bertz CT molecular complexity index is 1110. The number of fused-ring (bicyclic) bond motifs is 2. The molecule has 2 aliphatic rings. The SMILES string of the molecule is COc1cc(C2C3C(=O)CCCC3=Nc3ncnn32)ccc1OCc1ccccc1. The van der Waals surface area contributed by atoms with Crippen molar-refractivity contribution >= 4 is 17.4 Å². The Kier molecular flexibility index (Phi) is 4.78. The van der Waals surface area contributed by atoms with Gasteiger partial charge in [0.1, 0.15) is 18.7 Å². The van der Waals surface area contributed by atoms with E-state index in [0.29, 0.717) is 30.5 Å². The second kappa shape index (κ2) is 7.74. The third-order valence-corrected chi connectivity index (χ3v) is 5.71. The second-order valence-electron chi connectivity index (χ2n) is 7.53. The zero-order valence-corrected chi connectivity index (χ0v) is 16.7. The standard InChI is InChI=1S/C23H22N4O3/c1-29-20-12-16(10-11-19(20)30-13-15-6-3-2-4-7-15)22-21-17(8-5-9-18(21)28)26-23-24-14-25-27(22)23/h2-4,6-7,10-12,14,21-22H,5,8-9,13H2,1H3. The summed E-state index contributed by atoms with van der Waals surface area (Å²) in [6.07, 6.45) is 3.71. The topological polar surface area (TPSA) is 78.6 Å². The van der Waals surface area contributed by atoms with Crippen molar-refractivity contribution in [2.24, 2.45) is 10.9 Å². The number of benzene rings is 2. The highest BCUT2D eigenvalue weighted by atomic mass is 16.5. The van der Waals surface area contributed by atoms with Gasteiger partial charge in [-0.1, -0.05) is 36.4 Å². The lowest BCUT2D eigenvalue weighted by Crippen LogP contribution is -2.39. The molecule has 7 nitrogen and oxygen atoms in total. The van der Waals surface area contributed by atoms with E-state index in [1.807, 2.05) is 48.5 Å². The van der Waals surface area contributed by atoms with Crippen LogP contribution in [-0.4, -0.2) is 33.4 Å². The van der Waals surface area contributed by atoms with Gasteiger partial charge >= 0.3 is 0 Å². The normalized spacial score (nSPS) is 20.2. The van der Waals surface area contributed by atoms with Crippen LogP contribution in [0.4, 0.5) is 5.95 Å². The van der Waals surface area contributed by atoms with E-state index in [1.165, 1.54) is 6.33 Å². The van der Waals surface area contributed by atoms with E-state index in [-0.39, 0.29) is 17.7 Å². The Morgan fingerprint density at radius 1 is 1.10 bits per heavy atom. The number of aliphatic imine (C=N–C) groups is 1. The number of Topliss-reactive ketones (excluding diaryl/α,β-unsaturated/α-hetero) is 1. The minimum atomic E-state index is -0.311. The molecule has 1 fully saturated rings. The summed E-state index contributed by atoms with van der Waals surface area (Å²) in [5.41, 5.74) is 2.91. The first-order chi connectivity index (χ1) is 14.7. The van der Waals surface area contributed by atoms with Crippen LogP contribution in [0, 0.1) is 5.92 Å². The van der Waals surface area contributed by atoms with E-state index in [0.717, 1.165) is 29.7 Å². The molecule has 0 radical (unpaired) electrons. The number of carbonyl (C=O) groups is 1. The van der Waals surface area contributed by atoms with Gasteiger partial charge in [0.15, 0.2) is 11.5 Å². The molecule has 7 heteroatoms. The zero-order chi connectivity index (χ0) is 20.5. The van der Waals surface area contributed by atoms with E-state index < -0.39 is 0 Å². The first-order valence-corrected chi connectivity index (χ1v) is 10.1. The molecule has 2 atom stereocenters. The maximum atomic E-state index is 12.8. The van der Waals surface area contributed by atoms with Gasteiger partial charge in [0.05, 0.1) is 19.1 Å². The molecule has 0 N–H and O–H groups in total. The van der Waals surface area contributed by atoms with E-state index in [9.17, 15) is 4.79 Å². The van der Waals surface area contributed by atoms with Crippen LogP contribution in [0.1, 0.15) is 36.4 Å². The fourth-order valence-electron chi connectivity index (χ4n) is 4.27. The van der Waals surface area contributed by atoms with E-state index in [4.69, 9.17) is 9.47 Å². The molecule has 1 saturated carbocycles. The Morgan fingerprint density at radius 2 is 1.97 bits per heavy atom. The van der Waals surface area contributed by atoms with Crippen LogP contribution in [-0.2, 0) is 11.4 Å². The lowest BCUT2D eigenvalue weighted by Gasteiger charge is -2.34. The van der Waals surface area contributed by atoms with E-state index in [1.54, 1.807) is 11.8 Å². The summed E-state index contributed by atoms with van der Waals surface area (Å²) in [5, 5.41) is 4.37. The third-order valence-electron chi connectivity index (χ3n) is 5.71. The quantitative estimate of drug-likeness (QED) is 0.647. The minimum absolute atomic E-state index is 0.203. The van der Waals surface area contributed by atoms with Gasteiger partial charge in [0.2, 0.25) is 5.95 Å². The Hall–Kier alpha value is -3.48. The first-order valence-electron chi connectivity index (χ1n) is 10.1. The molecule has 0 amide bonds. The average Bonchev–Trinajstić information content (AvgIpc) is 3.25. The highest BCUT2D eigenvalue weighted by Gasteiger charge is 2.41. The van der Waals surface area contributed by atoms with Gasteiger partial charge in [-0.05, 0) is 36.1 Å². The maximum Gasteiger partial charge on any atom is 0.248 e. The highest BCUT2D eigenvalue weighted by Crippen LogP contribution is 2.41. The van der Waals surface area contributed by atoms with E-state index in [2.05, 4.69) is 15.1 Å². The highest BCUT2D eigenvalue weighted by molar-refractivity contribution is 6.09. The van der Waals surface area contributed by atoms with E-state index >= 15 is 0 Å². The zero-order valence-electron chi connectivity index (χ0n) is 16.7. The fraction of sp³-hybridized carbons (Fsp3) is 0.304. The number of rotatable bonds is 5. The lowest BCUT2D eigenvalue weighted by atomic mass is 9.78. The van der Waals surface area contributed by atoms with Crippen LogP contribution < -0.4 is 9.47 Å². The second-order valence-corrected chi connectivity index (χ2v) is 7.53. The van der Waals surface area contributed by atoms with Gasteiger partial charge in [-0.25, -0.2) is 9.67 Å². The number of aromatic nitrogens is 3. The number of carbonyl (C=O) groups excluding carboxylic acids is 1. The lowest BCUT2D eigenvalue weighted by molar-refractivity contribution is -0.122. The maximum absolute atomic E-state index is 12.8. The molecule has 0 saturated heterocycles. The largest absolute Gasteiger partial charge is 0.493 e. The molecule has 2 heterocycles. The van der Waals surface area contributed by atoms with Crippen molar-refractivity contribution < 1.29 is 14.3 Å². The minimum Gasteiger partial charge on any atom is -0.493 e. The summed E-state index contributed by atoms with van der Waals surface area (Å²) >= 11 is 0. The van der Waals surface area contributed by atoms with Crippen molar-refractivity contribution in [2.75, 3.05) is 7.11 Å². The third kappa shape index (κ3) is 3.26. The number of hydrogen-bond donors (Lipinski definition) is 0. The van der Waals surface area contributed by atoms with Crippen molar-refractivity contribution in [1.82, 2.24) is 14.8 Å². The Labute approximate surface area is 174 Å². The van der Waals surface area contributed by atoms with Gasteiger partial charge in [0.25, 0.3) is 0 Å². The number of methoxy groups -OCH3 is 1. The summed E-state index contributed by atoms with van der Waals surface area (Å²) in [6, 6.07) is 15.5. The van der Waals surface area contributed by atoms with Gasteiger partial charge in [0, 0.05) is 12.1 Å². The molecular formula is C23H22N4O3. The van der Waals surface area contributed by atoms with Crippen LogP contribution in [0.3, 0.4) is 0 Å². The van der Waals surface area contributed by atoms with Crippen LogP contribution in [0.15, 0.2) is 59.9 Å². The van der Waals surface area contributed by atoms with Gasteiger partial charge in [-0.2, -0.15) is 10.1 Å². The average molecular weight is 402 g/mol. The number of nitrogens with zero attached hydrogens (tertiary/aromatic N) is 4. The molecule has 2 unspecified atom stereocenters. The van der Waals surface area contributed by atoms with Crippen LogP contribution in [0.2, 0.25) is 0 Å². The molecule has 152 valence electrons. The molecule has 0 bridgehead atoms.